The molecule has 1 aromatic rings. The van der Waals surface area contributed by atoms with E-state index in [0.29, 0.717) is 5.56 Å². The van der Waals surface area contributed by atoms with Crippen LogP contribution in [0.5, 0.6) is 5.75 Å². The summed E-state index contributed by atoms with van der Waals surface area (Å²) in [6.45, 7) is 3.73. The van der Waals surface area contributed by atoms with Gasteiger partial charge in [-0.2, -0.15) is 0 Å². The Morgan fingerprint density at radius 2 is 1.95 bits per heavy atom. The first-order valence-corrected chi connectivity index (χ1v) is 5.94. The van der Waals surface area contributed by atoms with Crippen molar-refractivity contribution in [2.24, 2.45) is 5.73 Å². The van der Waals surface area contributed by atoms with Crippen LogP contribution in [0.15, 0.2) is 12.1 Å². The van der Waals surface area contributed by atoms with Crippen molar-refractivity contribution in [2.45, 2.75) is 19.4 Å². The van der Waals surface area contributed by atoms with E-state index in [2.05, 4.69) is 10.6 Å². The summed E-state index contributed by atoms with van der Waals surface area (Å²) in [7, 11) is 1.59. The van der Waals surface area contributed by atoms with Crippen molar-refractivity contribution in [3.05, 3.63) is 28.8 Å². The second kappa shape index (κ2) is 4.55. The number of urea groups is 1. The van der Waals surface area contributed by atoms with Gasteiger partial charge in [0.15, 0.2) is 5.54 Å². The number of aryl methyl sites for hydroxylation is 2. The van der Waals surface area contributed by atoms with Crippen molar-refractivity contribution < 1.29 is 14.3 Å². The normalized spacial score (nSPS) is 22.1. The van der Waals surface area contributed by atoms with Crippen LogP contribution >= 0.6 is 0 Å². The van der Waals surface area contributed by atoms with Crippen LogP contribution in [0, 0.1) is 13.8 Å². The highest BCUT2D eigenvalue weighted by atomic mass is 16.5. The van der Waals surface area contributed by atoms with Gasteiger partial charge in [-0.3, -0.25) is 10.1 Å². The van der Waals surface area contributed by atoms with Crippen LogP contribution in [0.25, 0.3) is 0 Å². The third-order valence-electron chi connectivity index (χ3n) is 3.45. The van der Waals surface area contributed by atoms with Gasteiger partial charge >= 0.3 is 6.03 Å². The Hall–Kier alpha value is -2.08. The number of amides is 3. The largest absolute Gasteiger partial charge is 0.496 e. The number of hydrogen-bond acceptors (Lipinski definition) is 4. The molecule has 19 heavy (non-hydrogen) atoms. The van der Waals surface area contributed by atoms with E-state index in [1.165, 1.54) is 0 Å². The lowest BCUT2D eigenvalue weighted by Crippen LogP contribution is -2.50. The summed E-state index contributed by atoms with van der Waals surface area (Å²) in [4.78, 5) is 23.4. The number of carbonyl (C=O) groups is 2. The molecule has 0 radical (unpaired) electrons. The second-order valence-corrected chi connectivity index (χ2v) is 4.65. The molecule has 1 atom stereocenters. The molecule has 1 aliphatic heterocycles. The lowest BCUT2D eigenvalue weighted by molar-refractivity contribution is -0.124. The highest BCUT2D eigenvalue weighted by Gasteiger charge is 2.47. The lowest BCUT2D eigenvalue weighted by Gasteiger charge is -2.27. The molecule has 6 heteroatoms. The first-order chi connectivity index (χ1) is 8.94. The Morgan fingerprint density at radius 1 is 1.26 bits per heavy atom. The van der Waals surface area contributed by atoms with E-state index in [9.17, 15) is 9.59 Å². The van der Waals surface area contributed by atoms with E-state index < -0.39 is 17.5 Å². The summed E-state index contributed by atoms with van der Waals surface area (Å²) in [6, 6.07) is 3.13. The maximum absolute atomic E-state index is 12.1. The van der Waals surface area contributed by atoms with Gasteiger partial charge in [-0.1, -0.05) is 0 Å². The molecule has 1 heterocycles. The zero-order valence-electron chi connectivity index (χ0n) is 11.2. The minimum absolute atomic E-state index is 0.00280. The van der Waals surface area contributed by atoms with Gasteiger partial charge in [0.05, 0.1) is 7.11 Å². The third kappa shape index (κ3) is 1.94. The van der Waals surface area contributed by atoms with Crippen molar-refractivity contribution >= 4 is 11.9 Å². The van der Waals surface area contributed by atoms with Crippen molar-refractivity contribution in [1.82, 2.24) is 10.6 Å². The fourth-order valence-corrected chi connectivity index (χ4v) is 2.40. The standard InChI is InChI=1S/C13H17N3O3/c1-7-5-10(19-3)8(2)4-9(7)13(6-14)11(17)15-12(18)16-13/h4-5H,6,14H2,1-3H3,(H2,15,16,17,18). The van der Waals surface area contributed by atoms with Crippen molar-refractivity contribution in [3.8, 4) is 5.75 Å². The summed E-state index contributed by atoms with van der Waals surface area (Å²) < 4.78 is 5.24. The fraction of sp³-hybridized carbons (Fsp3) is 0.385. The summed E-state index contributed by atoms with van der Waals surface area (Å²) in [5.74, 6) is 0.311. The fourth-order valence-electron chi connectivity index (χ4n) is 2.40. The van der Waals surface area contributed by atoms with Gasteiger partial charge in [-0.15, -0.1) is 0 Å². The molecule has 0 aliphatic carbocycles. The Kier molecular flexibility index (Phi) is 3.20. The van der Waals surface area contributed by atoms with Gasteiger partial charge < -0.3 is 15.8 Å². The topological polar surface area (TPSA) is 93.4 Å². The summed E-state index contributed by atoms with van der Waals surface area (Å²) in [6.07, 6.45) is 0. The number of rotatable bonds is 3. The Bertz CT molecular complexity index is 556. The van der Waals surface area contributed by atoms with Gasteiger partial charge in [0.25, 0.3) is 5.91 Å². The predicted molar refractivity (Wildman–Crippen MR) is 69.9 cm³/mol. The maximum atomic E-state index is 12.1. The summed E-state index contributed by atoms with van der Waals surface area (Å²) in [5, 5.41) is 4.86. The van der Waals surface area contributed by atoms with Gasteiger partial charge in [-0.25, -0.2) is 4.79 Å². The molecule has 102 valence electrons. The zero-order chi connectivity index (χ0) is 14.2. The van der Waals surface area contributed by atoms with Crippen LogP contribution in [0.1, 0.15) is 16.7 Å². The molecule has 4 N–H and O–H groups in total. The summed E-state index contributed by atoms with van der Waals surface area (Å²) in [5.41, 5.74) is 6.95. The number of nitrogens with two attached hydrogens (primary N) is 1. The number of methoxy groups -OCH3 is 1. The molecule has 1 aliphatic rings. The number of ether oxygens (including phenoxy) is 1. The first-order valence-electron chi connectivity index (χ1n) is 5.94. The van der Waals surface area contributed by atoms with Crippen LogP contribution in [-0.2, 0) is 10.3 Å². The second-order valence-electron chi connectivity index (χ2n) is 4.65. The van der Waals surface area contributed by atoms with E-state index >= 15 is 0 Å². The number of nitrogens with one attached hydrogen (secondary N) is 2. The number of benzene rings is 1. The molecule has 1 saturated heterocycles. The molecule has 1 unspecified atom stereocenters. The van der Waals surface area contributed by atoms with Crippen LogP contribution in [-0.4, -0.2) is 25.6 Å². The minimum Gasteiger partial charge on any atom is -0.496 e. The van der Waals surface area contributed by atoms with Crippen LogP contribution in [0.4, 0.5) is 4.79 Å². The number of imide groups is 1. The summed E-state index contributed by atoms with van der Waals surface area (Å²) >= 11 is 0. The number of carbonyl (C=O) groups excluding carboxylic acids is 2. The molecule has 1 aromatic carbocycles. The Labute approximate surface area is 111 Å². The SMILES string of the molecule is COc1cc(C)c(C2(CN)NC(=O)NC2=O)cc1C. The van der Waals surface area contributed by atoms with E-state index in [4.69, 9.17) is 10.5 Å². The van der Waals surface area contributed by atoms with Crippen LogP contribution in [0.2, 0.25) is 0 Å². The van der Waals surface area contributed by atoms with Crippen LogP contribution in [0.3, 0.4) is 0 Å². The van der Waals surface area contributed by atoms with Crippen molar-refractivity contribution in [1.29, 1.82) is 0 Å². The molecule has 6 nitrogen and oxygen atoms in total. The average molecular weight is 263 g/mol. The van der Waals surface area contributed by atoms with E-state index in [0.717, 1.165) is 16.9 Å². The highest BCUT2D eigenvalue weighted by Crippen LogP contribution is 2.31. The Balaban J connectivity index is 2.59. The molecular formula is C13H17N3O3. The molecule has 2 rings (SSSR count). The first kappa shape index (κ1) is 13.4. The third-order valence-corrected chi connectivity index (χ3v) is 3.45. The smallest absolute Gasteiger partial charge is 0.322 e. The van der Waals surface area contributed by atoms with Crippen molar-refractivity contribution in [3.63, 3.8) is 0 Å². The van der Waals surface area contributed by atoms with Gasteiger partial charge in [0, 0.05) is 6.54 Å². The van der Waals surface area contributed by atoms with Crippen LogP contribution < -0.4 is 21.1 Å². The predicted octanol–water partition coefficient (Wildman–Crippen LogP) is 0.305. The van der Waals surface area contributed by atoms with Gasteiger partial charge in [0.2, 0.25) is 0 Å². The van der Waals surface area contributed by atoms with Gasteiger partial charge in [-0.05, 0) is 42.7 Å². The lowest BCUT2D eigenvalue weighted by atomic mass is 9.85. The van der Waals surface area contributed by atoms with E-state index in [-0.39, 0.29) is 6.54 Å². The zero-order valence-corrected chi connectivity index (χ0v) is 11.2. The minimum atomic E-state index is -1.20. The molecular weight excluding hydrogens is 246 g/mol. The van der Waals surface area contributed by atoms with E-state index in [1.54, 1.807) is 7.11 Å². The maximum Gasteiger partial charge on any atom is 0.322 e. The van der Waals surface area contributed by atoms with E-state index in [1.807, 2.05) is 26.0 Å². The molecule has 1 fully saturated rings. The highest BCUT2D eigenvalue weighted by molar-refractivity contribution is 6.07. The molecule has 0 bridgehead atoms. The molecule has 0 aromatic heterocycles. The molecule has 0 spiro atoms. The Morgan fingerprint density at radius 3 is 2.42 bits per heavy atom. The van der Waals surface area contributed by atoms with Gasteiger partial charge in [0.1, 0.15) is 5.75 Å². The number of hydrogen-bond donors (Lipinski definition) is 3. The quantitative estimate of drug-likeness (QED) is 0.684. The molecule has 3 amide bonds. The molecule has 0 saturated carbocycles. The monoisotopic (exact) mass is 263 g/mol. The average Bonchev–Trinajstić information content (AvgIpc) is 2.67. The van der Waals surface area contributed by atoms with Crippen molar-refractivity contribution in [2.75, 3.05) is 13.7 Å².